The number of carboxylic acids is 1. The van der Waals surface area contributed by atoms with Crippen molar-refractivity contribution in [3.8, 4) is 0 Å². The Morgan fingerprint density at radius 3 is 2.95 bits per heavy atom. The fourth-order valence-electron chi connectivity index (χ4n) is 1.67. The molecule has 19 heavy (non-hydrogen) atoms. The molecule has 0 aromatic carbocycles. The van der Waals surface area contributed by atoms with Crippen molar-refractivity contribution >= 4 is 17.4 Å². The molecule has 0 saturated carbocycles. The van der Waals surface area contributed by atoms with Crippen LogP contribution in [-0.2, 0) is 11.2 Å². The number of carbonyl (C=O) groups is 1. The lowest BCUT2D eigenvalue weighted by Gasteiger charge is -2.10. The zero-order valence-electron chi connectivity index (χ0n) is 11.0. The lowest BCUT2D eigenvalue weighted by Crippen LogP contribution is -2.21. The van der Waals surface area contributed by atoms with Gasteiger partial charge in [0.1, 0.15) is 5.82 Å². The molecule has 2 aromatic rings. The summed E-state index contributed by atoms with van der Waals surface area (Å²) in [5.74, 6) is -0.152. The van der Waals surface area contributed by atoms with Crippen LogP contribution < -0.4 is 5.32 Å². The Kier molecular flexibility index (Phi) is 3.96. The second kappa shape index (κ2) is 5.66. The Labute approximate surface area is 110 Å². The van der Waals surface area contributed by atoms with Gasteiger partial charge in [-0.05, 0) is 26.2 Å². The van der Waals surface area contributed by atoms with Crippen molar-refractivity contribution in [2.75, 3.05) is 32.5 Å². The van der Waals surface area contributed by atoms with Crippen LogP contribution in [0.5, 0.6) is 0 Å². The van der Waals surface area contributed by atoms with E-state index in [1.165, 1.54) is 0 Å². The second-order valence-electron chi connectivity index (χ2n) is 4.55. The van der Waals surface area contributed by atoms with Crippen LogP contribution in [0.2, 0.25) is 0 Å². The van der Waals surface area contributed by atoms with Crippen LogP contribution in [0.3, 0.4) is 0 Å². The van der Waals surface area contributed by atoms with E-state index in [0.29, 0.717) is 11.3 Å². The maximum absolute atomic E-state index is 10.6. The van der Waals surface area contributed by atoms with Gasteiger partial charge in [0.25, 0.3) is 0 Å². The lowest BCUT2D eigenvalue weighted by molar-refractivity contribution is -0.136. The molecule has 102 valence electrons. The van der Waals surface area contributed by atoms with Gasteiger partial charge in [-0.1, -0.05) is 0 Å². The molecule has 0 radical (unpaired) electrons. The molecule has 0 aliphatic heterocycles. The van der Waals surface area contributed by atoms with E-state index in [-0.39, 0.29) is 6.42 Å². The number of hydrogen-bond acceptors (Lipinski definition) is 5. The summed E-state index contributed by atoms with van der Waals surface area (Å²) in [6.07, 6.45) is 1.55. The number of likely N-dealkylation sites (N-methyl/N-ethyl adjacent to an activating group) is 1. The van der Waals surface area contributed by atoms with Crippen LogP contribution in [0.25, 0.3) is 5.65 Å². The van der Waals surface area contributed by atoms with Crippen molar-refractivity contribution in [3.63, 3.8) is 0 Å². The van der Waals surface area contributed by atoms with Gasteiger partial charge in [-0.2, -0.15) is 0 Å². The summed E-state index contributed by atoms with van der Waals surface area (Å²) in [6.45, 7) is 1.70. The van der Waals surface area contributed by atoms with Crippen LogP contribution in [-0.4, -0.2) is 57.8 Å². The summed E-state index contributed by atoms with van der Waals surface area (Å²) < 4.78 is 1.59. The van der Waals surface area contributed by atoms with Crippen LogP contribution in [0.4, 0.5) is 5.82 Å². The van der Waals surface area contributed by atoms with Crippen molar-refractivity contribution in [1.82, 2.24) is 19.5 Å². The number of nitrogens with zero attached hydrogens (tertiary/aromatic N) is 4. The van der Waals surface area contributed by atoms with E-state index in [1.807, 2.05) is 26.2 Å². The number of aromatic nitrogens is 3. The zero-order chi connectivity index (χ0) is 13.8. The summed E-state index contributed by atoms with van der Waals surface area (Å²) in [5, 5.41) is 16.3. The van der Waals surface area contributed by atoms with E-state index in [2.05, 4.69) is 20.3 Å². The Bertz CT molecular complexity index is 579. The molecule has 0 atom stereocenters. The third kappa shape index (κ3) is 3.65. The van der Waals surface area contributed by atoms with Gasteiger partial charge in [0, 0.05) is 13.1 Å². The molecule has 0 amide bonds. The molecule has 0 spiro atoms. The van der Waals surface area contributed by atoms with Crippen LogP contribution in [0.15, 0.2) is 18.3 Å². The Hall–Kier alpha value is -2.15. The van der Waals surface area contributed by atoms with E-state index in [4.69, 9.17) is 5.11 Å². The highest BCUT2D eigenvalue weighted by Crippen LogP contribution is 2.08. The Morgan fingerprint density at radius 1 is 1.47 bits per heavy atom. The summed E-state index contributed by atoms with van der Waals surface area (Å²) >= 11 is 0. The standard InChI is InChI=1S/C12H17N5O2/c1-16(2)6-5-13-10-3-4-11-14-9(7-12(18)19)8-17(11)15-10/h3-4,8H,5-7H2,1-2H3,(H,13,15)(H,18,19). The highest BCUT2D eigenvalue weighted by Gasteiger charge is 2.07. The van der Waals surface area contributed by atoms with Crippen molar-refractivity contribution < 1.29 is 9.90 Å². The van der Waals surface area contributed by atoms with E-state index in [9.17, 15) is 4.79 Å². The first-order valence-electron chi connectivity index (χ1n) is 6.00. The van der Waals surface area contributed by atoms with E-state index in [1.54, 1.807) is 10.7 Å². The normalized spacial score (nSPS) is 11.1. The number of aliphatic carboxylic acids is 1. The molecular weight excluding hydrogens is 246 g/mol. The number of fused-ring (bicyclic) bond motifs is 1. The Balaban J connectivity index is 2.09. The highest BCUT2D eigenvalue weighted by molar-refractivity contribution is 5.69. The molecule has 0 fully saturated rings. The summed E-state index contributed by atoms with van der Waals surface area (Å²) in [6, 6.07) is 3.65. The van der Waals surface area contributed by atoms with Gasteiger partial charge in [0.05, 0.1) is 18.3 Å². The number of nitrogens with one attached hydrogen (secondary N) is 1. The predicted octanol–water partition coefficient (Wildman–Crippen LogP) is 0.330. The van der Waals surface area contributed by atoms with Crippen molar-refractivity contribution in [2.24, 2.45) is 0 Å². The Morgan fingerprint density at radius 2 is 2.26 bits per heavy atom. The largest absolute Gasteiger partial charge is 0.481 e. The van der Waals surface area contributed by atoms with Gasteiger partial charge in [0.2, 0.25) is 0 Å². The quantitative estimate of drug-likeness (QED) is 0.781. The maximum atomic E-state index is 10.6. The SMILES string of the molecule is CN(C)CCNc1ccc2nc(CC(=O)O)cn2n1. The number of rotatable bonds is 6. The number of carboxylic acid groups (broad SMARTS) is 1. The fourth-order valence-corrected chi connectivity index (χ4v) is 1.67. The third-order valence-corrected chi connectivity index (χ3v) is 2.57. The highest BCUT2D eigenvalue weighted by atomic mass is 16.4. The van der Waals surface area contributed by atoms with Gasteiger partial charge in [0.15, 0.2) is 5.65 Å². The molecule has 2 heterocycles. The minimum absolute atomic E-state index is 0.0905. The molecule has 0 bridgehead atoms. The molecule has 2 N–H and O–H groups in total. The monoisotopic (exact) mass is 263 g/mol. The number of anilines is 1. The van der Waals surface area contributed by atoms with Crippen molar-refractivity contribution in [2.45, 2.75) is 6.42 Å². The van der Waals surface area contributed by atoms with Gasteiger partial charge in [-0.25, -0.2) is 9.50 Å². The number of imidazole rings is 1. The first kappa shape index (κ1) is 13.3. The molecule has 0 unspecified atom stereocenters. The van der Waals surface area contributed by atoms with Crippen LogP contribution in [0.1, 0.15) is 5.69 Å². The second-order valence-corrected chi connectivity index (χ2v) is 4.55. The molecule has 0 saturated heterocycles. The average Bonchev–Trinajstić information content (AvgIpc) is 2.68. The van der Waals surface area contributed by atoms with Gasteiger partial charge >= 0.3 is 5.97 Å². The third-order valence-electron chi connectivity index (χ3n) is 2.57. The predicted molar refractivity (Wildman–Crippen MR) is 71.4 cm³/mol. The average molecular weight is 263 g/mol. The molecule has 0 aliphatic carbocycles. The maximum Gasteiger partial charge on any atom is 0.309 e. The molecule has 7 nitrogen and oxygen atoms in total. The summed E-state index contributed by atoms with van der Waals surface area (Å²) in [4.78, 5) is 16.9. The fraction of sp³-hybridized carbons (Fsp3) is 0.417. The minimum Gasteiger partial charge on any atom is -0.481 e. The molecule has 2 rings (SSSR count). The van der Waals surface area contributed by atoms with Crippen LogP contribution >= 0.6 is 0 Å². The topological polar surface area (TPSA) is 82.8 Å². The van der Waals surface area contributed by atoms with Gasteiger partial charge in [-0.15, -0.1) is 5.10 Å². The first-order chi connectivity index (χ1) is 9.04. The molecular formula is C12H17N5O2. The summed E-state index contributed by atoms with van der Waals surface area (Å²) in [7, 11) is 4.01. The van der Waals surface area contributed by atoms with Crippen molar-refractivity contribution in [3.05, 3.63) is 24.0 Å². The van der Waals surface area contributed by atoms with Gasteiger partial charge in [-0.3, -0.25) is 4.79 Å². The smallest absolute Gasteiger partial charge is 0.309 e. The zero-order valence-corrected chi connectivity index (χ0v) is 11.0. The van der Waals surface area contributed by atoms with Crippen molar-refractivity contribution in [1.29, 1.82) is 0 Å². The number of hydrogen-bond donors (Lipinski definition) is 2. The van der Waals surface area contributed by atoms with E-state index < -0.39 is 5.97 Å². The van der Waals surface area contributed by atoms with Crippen LogP contribution in [0, 0.1) is 0 Å². The summed E-state index contributed by atoms with van der Waals surface area (Å²) in [5.41, 5.74) is 1.15. The molecule has 7 heteroatoms. The van der Waals surface area contributed by atoms with E-state index in [0.717, 1.165) is 18.9 Å². The van der Waals surface area contributed by atoms with Gasteiger partial charge < -0.3 is 15.3 Å². The minimum atomic E-state index is -0.896. The van der Waals surface area contributed by atoms with E-state index >= 15 is 0 Å². The first-order valence-corrected chi connectivity index (χ1v) is 6.00. The molecule has 0 aliphatic rings. The lowest BCUT2D eigenvalue weighted by atomic mass is 10.3. The molecule has 2 aromatic heterocycles.